The van der Waals surface area contributed by atoms with Crippen LogP contribution in [0.1, 0.15) is 17.8 Å². The van der Waals surface area contributed by atoms with Gasteiger partial charge < -0.3 is 14.4 Å². The van der Waals surface area contributed by atoms with Crippen molar-refractivity contribution in [1.29, 1.82) is 0 Å². The third-order valence-corrected chi connectivity index (χ3v) is 8.85. The van der Waals surface area contributed by atoms with E-state index in [2.05, 4.69) is 76.2 Å². The molecule has 1 aromatic heterocycles. The molecule has 0 bridgehead atoms. The number of rotatable bonds is 2. The van der Waals surface area contributed by atoms with Gasteiger partial charge in [0.25, 0.3) is 0 Å². The second-order valence-corrected chi connectivity index (χ2v) is 10.6. The average molecular weight is 472 g/mol. The van der Waals surface area contributed by atoms with Crippen molar-refractivity contribution in [2.24, 2.45) is 0 Å². The number of fused-ring (bicyclic) bond motifs is 6. The van der Waals surface area contributed by atoms with Gasteiger partial charge in [0.05, 0.1) is 12.2 Å². The van der Waals surface area contributed by atoms with Crippen LogP contribution in [0.15, 0.2) is 93.6 Å². The predicted octanol–water partition coefficient (Wildman–Crippen LogP) is 6.02. The van der Waals surface area contributed by atoms with Gasteiger partial charge in [0.1, 0.15) is 28.7 Å². The zero-order chi connectivity index (χ0) is 21.8. The summed E-state index contributed by atoms with van der Waals surface area (Å²) in [7, 11) is 0. The standard InChI is InChI=1S/C27H23N2O2S2/c1-3-7-24-20(5-1)28-11-13-30-22(26(28)32-24)16-18-9-10-19(15-18)17-23-27-29(12-14-31-23)21-6-2-4-8-25(21)33-27/h1-8,15-17H,9-14H2/q+1. The van der Waals surface area contributed by atoms with E-state index >= 15 is 0 Å². The molecule has 4 nitrogen and oxygen atoms in total. The first-order valence-electron chi connectivity index (χ1n) is 11.4. The van der Waals surface area contributed by atoms with Gasteiger partial charge in [-0.15, -0.1) is 0 Å². The first-order chi connectivity index (χ1) is 16.3. The number of hydrogen-bond acceptors (Lipinski definition) is 5. The molecule has 1 aliphatic carbocycles. The number of thioether (sulfide) groups is 1. The van der Waals surface area contributed by atoms with Gasteiger partial charge in [0.15, 0.2) is 6.54 Å². The quantitative estimate of drug-likeness (QED) is 0.427. The van der Waals surface area contributed by atoms with E-state index in [1.54, 1.807) is 0 Å². The van der Waals surface area contributed by atoms with Crippen LogP contribution in [0, 0.1) is 0 Å². The van der Waals surface area contributed by atoms with Gasteiger partial charge in [-0.2, -0.15) is 4.57 Å². The number of anilines is 1. The molecule has 4 aliphatic rings. The molecule has 33 heavy (non-hydrogen) atoms. The van der Waals surface area contributed by atoms with Gasteiger partial charge in [0.2, 0.25) is 11.3 Å². The fourth-order valence-corrected chi connectivity index (χ4v) is 7.25. The molecule has 0 saturated carbocycles. The van der Waals surface area contributed by atoms with E-state index in [9.17, 15) is 0 Å². The molecular formula is C27H23N2O2S2+. The summed E-state index contributed by atoms with van der Waals surface area (Å²) in [5.74, 6) is 2.00. The van der Waals surface area contributed by atoms with Gasteiger partial charge in [-0.05, 0) is 54.3 Å². The topological polar surface area (TPSA) is 25.6 Å². The van der Waals surface area contributed by atoms with Crippen molar-refractivity contribution in [3.05, 3.63) is 93.7 Å². The van der Waals surface area contributed by atoms with Crippen LogP contribution in [0.2, 0.25) is 0 Å². The maximum absolute atomic E-state index is 6.12. The normalized spacial score (nSPS) is 21.7. The molecule has 7 rings (SSSR count). The Morgan fingerprint density at radius 2 is 1.85 bits per heavy atom. The summed E-state index contributed by atoms with van der Waals surface area (Å²) in [5.41, 5.74) is 5.25. The maximum atomic E-state index is 6.12. The third kappa shape index (κ3) is 3.31. The minimum absolute atomic E-state index is 0.720. The zero-order valence-electron chi connectivity index (χ0n) is 18.1. The van der Waals surface area contributed by atoms with E-state index in [1.165, 1.54) is 42.0 Å². The third-order valence-electron chi connectivity index (χ3n) is 6.49. The number of ether oxygens (including phenoxy) is 2. The highest BCUT2D eigenvalue weighted by atomic mass is 32.2. The number of allylic oxidation sites excluding steroid dienone is 5. The largest absolute Gasteiger partial charge is 0.489 e. The summed E-state index contributed by atoms with van der Waals surface area (Å²) < 4.78 is 15.9. The van der Waals surface area contributed by atoms with Crippen LogP contribution in [0.25, 0.3) is 16.0 Å². The molecule has 0 saturated heterocycles. The molecule has 0 atom stereocenters. The average Bonchev–Trinajstić information content (AvgIpc) is 3.55. The van der Waals surface area contributed by atoms with E-state index < -0.39 is 0 Å². The molecule has 3 aromatic rings. The maximum Gasteiger partial charge on any atom is 0.305 e. The van der Waals surface area contributed by atoms with Crippen LogP contribution in [0.5, 0.6) is 0 Å². The summed E-state index contributed by atoms with van der Waals surface area (Å²) in [6.45, 7) is 3.26. The lowest BCUT2D eigenvalue weighted by Crippen LogP contribution is -2.41. The Morgan fingerprint density at radius 1 is 0.939 bits per heavy atom. The Balaban J connectivity index is 1.20. The van der Waals surface area contributed by atoms with Crippen LogP contribution in [0.4, 0.5) is 5.69 Å². The summed E-state index contributed by atoms with van der Waals surface area (Å²) in [6.07, 6.45) is 8.86. The van der Waals surface area contributed by atoms with Gasteiger partial charge in [-0.25, -0.2) is 0 Å². The first kappa shape index (κ1) is 19.5. The molecule has 0 radical (unpaired) electrons. The Hall–Kier alpha value is -2.96. The Morgan fingerprint density at radius 3 is 2.85 bits per heavy atom. The first-order valence-corrected chi connectivity index (χ1v) is 13.1. The van der Waals surface area contributed by atoms with Gasteiger partial charge >= 0.3 is 5.01 Å². The lowest BCUT2D eigenvalue weighted by Gasteiger charge is -2.27. The van der Waals surface area contributed by atoms with Gasteiger partial charge in [-0.1, -0.05) is 53.4 Å². The van der Waals surface area contributed by atoms with E-state index in [4.69, 9.17) is 9.47 Å². The van der Waals surface area contributed by atoms with Crippen LogP contribution in [-0.4, -0.2) is 19.8 Å². The minimum Gasteiger partial charge on any atom is -0.489 e. The van der Waals surface area contributed by atoms with Crippen LogP contribution in [-0.2, 0) is 16.0 Å². The molecule has 0 amide bonds. The zero-order valence-corrected chi connectivity index (χ0v) is 19.8. The monoisotopic (exact) mass is 471 g/mol. The number of thiazole rings is 1. The fourth-order valence-electron chi connectivity index (χ4n) is 4.94. The van der Waals surface area contributed by atoms with E-state index in [0.717, 1.165) is 50.7 Å². The number of benzene rings is 2. The second-order valence-electron chi connectivity index (χ2n) is 8.56. The predicted molar refractivity (Wildman–Crippen MR) is 134 cm³/mol. The summed E-state index contributed by atoms with van der Waals surface area (Å²) in [6, 6.07) is 17.2. The second kappa shape index (κ2) is 7.82. The van der Waals surface area contributed by atoms with Crippen molar-refractivity contribution in [2.75, 3.05) is 24.7 Å². The highest BCUT2D eigenvalue weighted by Gasteiger charge is 2.32. The van der Waals surface area contributed by atoms with Crippen LogP contribution in [0.3, 0.4) is 0 Å². The molecule has 0 fully saturated rings. The highest BCUT2D eigenvalue weighted by Crippen LogP contribution is 2.48. The molecule has 0 spiro atoms. The number of aromatic nitrogens is 1. The van der Waals surface area contributed by atoms with Gasteiger partial charge in [-0.3, -0.25) is 0 Å². The van der Waals surface area contributed by atoms with Crippen LogP contribution >= 0.6 is 23.1 Å². The van der Waals surface area contributed by atoms with E-state index in [-0.39, 0.29) is 0 Å². The van der Waals surface area contributed by atoms with Crippen molar-refractivity contribution in [1.82, 2.24) is 0 Å². The molecule has 2 aromatic carbocycles. The lowest BCUT2D eigenvalue weighted by molar-refractivity contribution is -0.677. The smallest absolute Gasteiger partial charge is 0.305 e. The fraction of sp³-hybridized carbons (Fsp3) is 0.222. The van der Waals surface area contributed by atoms with Crippen molar-refractivity contribution in [2.45, 2.75) is 24.3 Å². The lowest BCUT2D eigenvalue weighted by atomic mass is 10.2. The molecule has 4 heterocycles. The minimum atomic E-state index is 0.720. The molecule has 0 N–H and O–H groups in total. The van der Waals surface area contributed by atoms with Crippen molar-refractivity contribution in [3.63, 3.8) is 0 Å². The van der Waals surface area contributed by atoms with Crippen molar-refractivity contribution in [3.8, 4) is 0 Å². The van der Waals surface area contributed by atoms with Crippen LogP contribution < -0.4 is 9.47 Å². The molecule has 3 aliphatic heterocycles. The summed E-state index contributed by atoms with van der Waals surface area (Å²) in [5, 5.41) is 2.44. The summed E-state index contributed by atoms with van der Waals surface area (Å²) >= 11 is 3.63. The molecule has 164 valence electrons. The Bertz CT molecular complexity index is 1410. The van der Waals surface area contributed by atoms with Crippen molar-refractivity contribution >= 4 is 44.8 Å². The summed E-state index contributed by atoms with van der Waals surface area (Å²) in [4.78, 5) is 3.71. The SMILES string of the molecule is C1=C(C=C2OCC[n+]3c2sc2ccccc23)CC/C1=C/C1=C2Sc3ccccc3N2CCO1. The number of para-hydroxylation sites is 2. The molecular weight excluding hydrogens is 448 g/mol. The van der Waals surface area contributed by atoms with Gasteiger partial charge in [0, 0.05) is 11.0 Å². The van der Waals surface area contributed by atoms with E-state index in [0.29, 0.717) is 0 Å². The van der Waals surface area contributed by atoms with Crippen molar-refractivity contribution < 1.29 is 14.0 Å². The van der Waals surface area contributed by atoms with E-state index in [1.807, 2.05) is 23.1 Å². The Labute approximate surface area is 201 Å². The number of hydrogen-bond donors (Lipinski definition) is 0. The number of nitrogens with zero attached hydrogens (tertiary/aromatic N) is 2. The molecule has 6 heteroatoms. The highest BCUT2D eigenvalue weighted by molar-refractivity contribution is 8.03. The molecule has 0 unspecified atom stereocenters. The Kier molecular flexibility index (Phi) is 4.62.